The normalized spacial score (nSPS) is 11.6. The van der Waals surface area contributed by atoms with Crippen LogP contribution in [0.2, 0.25) is 5.02 Å². The van der Waals surface area contributed by atoms with Gasteiger partial charge >= 0.3 is 0 Å². The van der Waals surface area contributed by atoms with Gasteiger partial charge in [-0.1, -0.05) is 23.7 Å². The Bertz CT molecular complexity index is 1850. The zero-order chi connectivity index (χ0) is 27.0. The Kier molecular flexibility index (Phi) is 6.77. The van der Waals surface area contributed by atoms with Crippen molar-refractivity contribution in [2.45, 2.75) is 17.6 Å². The molecule has 0 N–H and O–H groups in total. The van der Waals surface area contributed by atoms with E-state index >= 15 is 0 Å². The van der Waals surface area contributed by atoms with Crippen LogP contribution in [-0.4, -0.2) is 25.1 Å². The van der Waals surface area contributed by atoms with Gasteiger partial charge in [-0.15, -0.1) is 0 Å². The van der Waals surface area contributed by atoms with Crippen molar-refractivity contribution in [3.8, 4) is 22.6 Å². The first-order chi connectivity index (χ1) is 18.2. The highest BCUT2D eigenvalue weighted by molar-refractivity contribution is 7.90. The van der Waals surface area contributed by atoms with Crippen LogP contribution in [0.15, 0.2) is 94.7 Å². The number of nitrogens with zero attached hydrogens (tertiary/aromatic N) is 2. The molecule has 3 aromatic carbocycles. The van der Waals surface area contributed by atoms with Crippen molar-refractivity contribution in [3.63, 3.8) is 0 Å². The topological polar surface area (TPSA) is 78.3 Å². The molecule has 0 aliphatic rings. The SMILES string of the molecule is COc1cc(-c2ccc(Cl)c(C)c2)ccc1-n1c(=O)ccc2cc(S(=O)(=O)Cc3ccc(F)cn3)ccc21. The lowest BCUT2D eigenvalue weighted by Crippen LogP contribution is -2.18. The number of ether oxygens (including phenoxy) is 1. The van der Waals surface area contributed by atoms with Crippen molar-refractivity contribution >= 4 is 32.3 Å². The van der Waals surface area contributed by atoms with E-state index in [-0.39, 0.29) is 21.9 Å². The molecule has 0 amide bonds. The molecule has 5 aromatic rings. The second kappa shape index (κ2) is 10.0. The quantitative estimate of drug-likeness (QED) is 0.255. The lowest BCUT2D eigenvalue weighted by atomic mass is 10.0. The van der Waals surface area contributed by atoms with E-state index in [1.54, 1.807) is 18.2 Å². The van der Waals surface area contributed by atoms with E-state index in [2.05, 4.69) is 4.98 Å². The number of methoxy groups -OCH3 is 1. The van der Waals surface area contributed by atoms with Crippen molar-refractivity contribution in [2.75, 3.05) is 7.11 Å². The number of aryl methyl sites for hydroxylation is 1. The van der Waals surface area contributed by atoms with Gasteiger partial charge < -0.3 is 4.74 Å². The fraction of sp³-hybridized carbons (Fsp3) is 0.103. The van der Waals surface area contributed by atoms with Gasteiger partial charge in [-0.25, -0.2) is 12.8 Å². The Labute approximate surface area is 223 Å². The fourth-order valence-electron chi connectivity index (χ4n) is 4.30. The molecule has 2 heterocycles. The second-order valence-electron chi connectivity index (χ2n) is 8.81. The molecule has 5 rings (SSSR count). The number of hydrogen-bond acceptors (Lipinski definition) is 5. The van der Waals surface area contributed by atoms with E-state index in [1.807, 2.05) is 37.3 Å². The molecule has 2 aromatic heterocycles. The third-order valence-corrected chi connectivity index (χ3v) is 8.34. The summed E-state index contributed by atoms with van der Waals surface area (Å²) in [7, 11) is -2.24. The summed E-state index contributed by atoms with van der Waals surface area (Å²) in [6.45, 7) is 1.93. The maximum Gasteiger partial charge on any atom is 0.255 e. The van der Waals surface area contributed by atoms with E-state index in [1.165, 1.54) is 42.0 Å². The average Bonchev–Trinajstić information content (AvgIpc) is 2.91. The van der Waals surface area contributed by atoms with Crippen LogP contribution in [0.3, 0.4) is 0 Å². The Morgan fingerprint density at radius 3 is 2.42 bits per heavy atom. The predicted octanol–water partition coefficient (Wildman–Crippen LogP) is 6.14. The minimum absolute atomic E-state index is 0.0711. The zero-order valence-corrected chi connectivity index (χ0v) is 22.1. The Morgan fingerprint density at radius 2 is 1.71 bits per heavy atom. The highest BCUT2D eigenvalue weighted by atomic mass is 35.5. The molecule has 9 heteroatoms. The summed E-state index contributed by atoms with van der Waals surface area (Å²) in [5.74, 6) is -0.442. The third-order valence-electron chi connectivity index (χ3n) is 6.26. The van der Waals surface area contributed by atoms with Gasteiger partial charge in [0.25, 0.3) is 5.56 Å². The van der Waals surface area contributed by atoms with Gasteiger partial charge in [-0.3, -0.25) is 14.3 Å². The summed E-state index contributed by atoms with van der Waals surface area (Å²) >= 11 is 6.17. The van der Waals surface area contributed by atoms with Gasteiger partial charge in [0.05, 0.1) is 40.9 Å². The van der Waals surface area contributed by atoms with Crippen molar-refractivity contribution in [1.82, 2.24) is 9.55 Å². The molecule has 0 fully saturated rings. The van der Waals surface area contributed by atoms with E-state index in [0.717, 1.165) is 22.9 Å². The average molecular weight is 549 g/mol. The Balaban J connectivity index is 1.58. The fourth-order valence-corrected chi connectivity index (χ4v) is 5.73. The Morgan fingerprint density at radius 1 is 0.947 bits per heavy atom. The number of halogens is 2. The number of rotatable bonds is 6. The van der Waals surface area contributed by atoms with Gasteiger partial charge in [0, 0.05) is 16.5 Å². The molecule has 0 saturated carbocycles. The lowest BCUT2D eigenvalue weighted by molar-refractivity contribution is 0.413. The van der Waals surface area contributed by atoms with Crippen LogP contribution in [0, 0.1) is 12.7 Å². The van der Waals surface area contributed by atoms with E-state index in [0.29, 0.717) is 27.4 Å². The first-order valence-electron chi connectivity index (χ1n) is 11.6. The van der Waals surface area contributed by atoms with Crippen LogP contribution >= 0.6 is 11.6 Å². The van der Waals surface area contributed by atoms with Gasteiger partial charge in [-0.2, -0.15) is 0 Å². The molecule has 0 bridgehead atoms. The van der Waals surface area contributed by atoms with Crippen molar-refractivity contribution in [1.29, 1.82) is 0 Å². The molecule has 0 saturated heterocycles. The first kappa shape index (κ1) is 25.6. The predicted molar refractivity (Wildman–Crippen MR) is 146 cm³/mol. The van der Waals surface area contributed by atoms with Crippen LogP contribution in [0.5, 0.6) is 5.75 Å². The summed E-state index contributed by atoms with van der Waals surface area (Å²) in [6.07, 6.45) is 0.983. The molecule has 0 aliphatic heterocycles. The van der Waals surface area contributed by atoms with Crippen LogP contribution < -0.4 is 10.3 Å². The molecule has 6 nitrogen and oxygen atoms in total. The molecule has 38 heavy (non-hydrogen) atoms. The van der Waals surface area contributed by atoms with Gasteiger partial charge in [-0.05, 0) is 84.3 Å². The highest BCUT2D eigenvalue weighted by Crippen LogP contribution is 2.32. The molecule has 0 aliphatic carbocycles. The number of fused-ring (bicyclic) bond motifs is 1. The van der Waals surface area contributed by atoms with Crippen LogP contribution in [0.4, 0.5) is 4.39 Å². The summed E-state index contributed by atoms with van der Waals surface area (Å²) < 4.78 is 46.4. The maximum atomic E-state index is 13.2. The summed E-state index contributed by atoms with van der Waals surface area (Å²) in [5, 5.41) is 1.23. The third kappa shape index (κ3) is 4.92. The summed E-state index contributed by atoms with van der Waals surface area (Å²) in [5.41, 5.74) is 3.76. The number of aromatic nitrogens is 2. The van der Waals surface area contributed by atoms with Crippen molar-refractivity contribution < 1.29 is 17.5 Å². The monoisotopic (exact) mass is 548 g/mol. The molecule has 0 spiro atoms. The van der Waals surface area contributed by atoms with Gasteiger partial charge in [0.1, 0.15) is 11.6 Å². The van der Waals surface area contributed by atoms with E-state index in [4.69, 9.17) is 16.3 Å². The number of sulfone groups is 1. The minimum atomic E-state index is -3.77. The van der Waals surface area contributed by atoms with Crippen molar-refractivity contribution in [3.05, 3.63) is 118 Å². The van der Waals surface area contributed by atoms with Crippen LogP contribution in [0.25, 0.3) is 27.7 Å². The molecule has 0 atom stereocenters. The highest BCUT2D eigenvalue weighted by Gasteiger charge is 2.19. The van der Waals surface area contributed by atoms with Gasteiger partial charge in [0.15, 0.2) is 9.84 Å². The zero-order valence-electron chi connectivity index (χ0n) is 20.5. The van der Waals surface area contributed by atoms with Crippen LogP contribution in [-0.2, 0) is 15.6 Å². The maximum absolute atomic E-state index is 13.2. The summed E-state index contributed by atoms with van der Waals surface area (Å²) in [4.78, 5) is 16.9. The summed E-state index contributed by atoms with van der Waals surface area (Å²) in [6, 6.07) is 21.3. The second-order valence-corrected chi connectivity index (χ2v) is 11.2. The smallest absolute Gasteiger partial charge is 0.255 e. The molecular weight excluding hydrogens is 527 g/mol. The molecule has 0 radical (unpaired) electrons. The molecular formula is C29H22ClFN2O4S. The van der Waals surface area contributed by atoms with Crippen LogP contribution in [0.1, 0.15) is 11.3 Å². The number of hydrogen-bond donors (Lipinski definition) is 0. The van der Waals surface area contributed by atoms with Gasteiger partial charge in [0.2, 0.25) is 0 Å². The lowest BCUT2D eigenvalue weighted by Gasteiger charge is -2.16. The largest absolute Gasteiger partial charge is 0.495 e. The van der Waals surface area contributed by atoms with E-state index < -0.39 is 15.7 Å². The molecule has 0 unspecified atom stereocenters. The van der Waals surface area contributed by atoms with E-state index in [9.17, 15) is 17.6 Å². The standard InChI is InChI=1S/C29H22ClFN2O4S/c1-18-13-19(3-9-25(18)30)20-4-10-27(28(15-20)37-2)33-26-11-8-24(14-21(26)5-12-29(33)34)38(35,36)17-23-7-6-22(31)16-32-23/h3-16H,17H2,1-2H3. The Hall–Kier alpha value is -4.01. The number of benzene rings is 3. The molecule has 192 valence electrons. The number of pyridine rings is 2. The van der Waals surface area contributed by atoms with Crippen molar-refractivity contribution in [2.24, 2.45) is 0 Å². The minimum Gasteiger partial charge on any atom is -0.495 e. The first-order valence-corrected chi connectivity index (χ1v) is 13.6.